The number of aromatic nitrogens is 3. The zero-order chi connectivity index (χ0) is 58.2. The summed E-state index contributed by atoms with van der Waals surface area (Å²) in [6, 6.07) is 39.0. The van der Waals surface area contributed by atoms with Crippen molar-refractivity contribution in [2.75, 3.05) is 35.8 Å². The predicted molar refractivity (Wildman–Crippen MR) is 321 cm³/mol. The Hall–Kier alpha value is -7.31. The number of rotatable bonds is 12. The fraction of sp³-hybridized carbons (Fsp3) is 0.333. The molecular formula is C63H69B3N6O9. The molecule has 0 aliphatic carbocycles. The van der Waals surface area contributed by atoms with Gasteiger partial charge in [-0.05, 0) is 171 Å². The summed E-state index contributed by atoms with van der Waals surface area (Å²) in [7, 11) is 3.25. The van der Waals surface area contributed by atoms with E-state index in [4.69, 9.17) is 42.9 Å². The van der Waals surface area contributed by atoms with E-state index in [0.29, 0.717) is 34.1 Å². The van der Waals surface area contributed by atoms with Crippen molar-refractivity contribution in [2.45, 2.75) is 117 Å². The summed E-state index contributed by atoms with van der Waals surface area (Å²) in [5, 5.41) is 0. The van der Waals surface area contributed by atoms with Crippen molar-refractivity contribution < 1.29 is 42.3 Å². The van der Waals surface area contributed by atoms with E-state index in [-0.39, 0.29) is 16.7 Å². The Kier molecular flexibility index (Phi) is 14.7. The normalized spacial score (nSPS) is 18.2. The summed E-state index contributed by atoms with van der Waals surface area (Å²) in [4.78, 5) is 62.7. The highest BCUT2D eigenvalue weighted by molar-refractivity contribution is 6.63. The van der Waals surface area contributed by atoms with Crippen LogP contribution in [0.1, 0.15) is 114 Å². The van der Waals surface area contributed by atoms with Gasteiger partial charge in [0.15, 0.2) is 0 Å². The van der Waals surface area contributed by atoms with Gasteiger partial charge in [-0.25, -0.2) is 0 Å². The highest BCUT2D eigenvalue weighted by Crippen LogP contribution is 2.39. The van der Waals surface area contributed by atoms with Crippen LogP contribution in [0.25, 0.3) is 33.8 Å². The average Bonchev–Trinajstić information content (AvgIpc) is 4.16. The van der Waals surface area contributed by atoms with Gasteiger partial charge in [0.05, 0.1) is 86.3 Å². The highest BCUT2D eigenvalue weighted by Gasteiger charge is 2.54. The number of carbonyl (C=O) groups excluding carboxylic acids is 3. The average molecular weight is 1090 g/mol. The molecule has 0 bridgehead atoms. The van der Waals surface area contributed by atoms with E-state index < -0.39 is 72.7 Å². The summed E-state index contributed by atoms with van der Waals surface area (Å²) >= 11 is 0. The molecule has 0 unspecified atom stereocenters. The van der Waals surface area contributed by atoms with Crippen molar-refractivity contribution in [2.24, 2.45) is 0 Å². The Bertz CT molecular complexity index is 3130. The smallest absolute Gasteiger partial charge is 0.399 e. The lowest BCUT2D eigenvalue weighted by molar-refractivity contribution is 0.00578. The maximum absolute atomic E-state index is 14.7. The maximum atomic E-state index is 14.7. The van der Waals surface area contributed by atoms with Crippen LogP contribution in [0.4, 0.5) is 17.1 Å². The van der Waals surface area contributed by atoms with Crippen LogP contribution >= 0.6 is 0 Å². The lowest BCUT2D eigenvalue weighted by atomic mass is 9.78. The monoisotopic (exact) mass is 1090 g/mol. The predicted octanol–water partition coefficient (Wildman–Crippen LogP) is 9.60. The molecule has 3 fully saturated rings. The maximum Gasteiger partial charge on any atom is 0.494 e. The van der Waals surface area contributed by atoms with Crippen molar-refractivity contribution in [1.29, 1.82) is 0 Å². The van der Waals surface area contributed by atoms with E-state index in [2.05, 4.69) is 0 Å². The van der Waals surface area contributed by atoms with Gasteiger partial charge in [-0.1, -0.05) is 72.8 Å². The van der Waals surface area contributed by atoms with Crippen molar-refractivity contribution in [3.63, 3.8) is 0 Å². The van der Waals surface area contributed by atoms with Gasteiger partial charge in [0, 0.05) is 37.8 Å². The van der Waals surface area contributed by atoms with Gasteiger partial charge >= 0.3 is 21.4 Å². The van der Waals surface area contributed by atoms with Crippen LogP contribution in [0, 0.1) is 0 Å². The summed E-state index contributed by atoms with van der Waals surface area (Å²) in [5.41, 5.74) is 6.00. The van der Waals surface area contributed by atoms with Crippen molar-refractivity contribution >= 4 is 72.5 Å². The van der Waals surface area contributed by atoms with Gasteiger partial charge in [0.25, 0.3) is 17.7 Å². The second-order valence-corrected chi connectivity index (χ2v) is 24.2. The Morgan fingerprint density at radius 2 is 0.580 bits per heavy atom. The molecule has 4 aromatic carbocycles. The number of hydrogen-bond acceptors (Lipinski definition) is 12. The minimum atomic E-state index is -0.544. The Labute approximate surface area is 476 Å². The lowest BCUT2D eigenvalue weighted by Gasteiger charge is -2.32. The van der Waals surface area contributed by atoms with Crippen LogP contribution in [-0.4, -0.2) is 109 Å². The van der Waals surface area contributed by atoms with Crippen LogP contribution in [0.5, 0.6) is 0 Å². The molecular weight excluding hydrogens is 1020 g/mol. The second-order valence-electron chi connectivity index (χ2n) is 24.2. The number of anilines is 3. The zero-order valence-corrected chi connectivity index (χ0v) is 48.9. The second kappa shape index (κ2) is 20.9. The quantitative estimate of drug-likeness (QED) is 0.107. The van der Waals surface area contributed by atoms with Gasteiger partial charge in [-0.15, -0.1) is 0 Å². The van der Waals surface area contributed by atoms with Crippen LogP contribution in [0.3, 0.4) is 0 Å². The lowest BCUT2D eigenvalue weighted by Crippen LogP contribution is -2.41. The molecule has 18 heteroatoms. The molecule has 414 valence electrons. The molecule has 81 heavy (non-hydrogen) atoms. The van der Waals surface area contributed by atoms with E-state index >= 15 is 0 Å². The molecule has 15 nitrogen and oxygen atoms in total. The third-order valence-corrected chi connectivity index (χ3v) is 17.1. The molecule has 0 N–H and O–H groups in total. The molecule has 3 aromatic heterocycles. The Balaban J connectivity index is 0.913. The third kappa shape index (κ3) is 11.0. The highest BCUT2D eigenvalue weighted by atomic mass is 16.7. The summed E-state index contributed by atoms with van der Waals surface area (Å²) in [6.45, 7) is 24.2. The first-order valence-electron chi connectivity index (χ1n) is 27.3. The third-order valence-electron chi connectivity index (χ3n) is 17.1. The first kappa shape index (κ1) is 56.9. The number of amides is 3. The summed E-state index contributed by atoms with van der Waals surface area (Å²) in [5.74, 6) is -1.41. The molecule has 6 heterocycles. The van der Waals surface area contributed by atoms with Crippen LogP contribution < -0.4 is 31.1 Å². The molecule has 0 atom stereocenters. The van der Waals surface area contributed by atoms with E-state index in [1.807, 2.05) is 174 Å². The van der Waals surface area contributed by atoms with E-state index in [0.717, 1.165) is 33.1 Å². The van der Waals surface area contributed by atoms with Gasteiger partial charge < -0.3 is 42.6 Å². The van der Waals surface area contributed by atoms with E-state index in [9.17, 15) is 14.4 Å². The van der Waals surface area contributed by atoms with Gasteiger partial charge in [0.1, 0.15) is 0 Å². The molecule has 0 saturated carbocycles. The minimum Gasteiger partial charge on any atom is -0.399 e. The van der Waals surface area contributed by atoms with Gasteiger partial charge in [0.2, 0.25) is 0 Å². The summed E-state index contributed by atoms with van der Waals surface area (Å²) in [6.07, 6.45) is 4.85. The van der Waals surface area contributed by atoms with Crippen LogP contribution in [0.2, 0.25) is 0 Å². The van der Waals surface area contributed by atoms with E-state index in [1.54, 1.807) is 57.9 Å². The molecule has 3 amide bonds. The number of carbonyl (C=O) groups is 3. The van der Waals surface area contributed by atoms with Crippen molar-refractivity contribution in [3.8, 4) is 33.8 Å². The molecule has 0 spiro atoms. The molecule has 7 aromatic rings. The first-order valence-corrected chi connectivity index (χ1v) is 27.3. The summed E-state index contributed by atoms with van der Waals surface area (Å²) < 4.78 is 37.9. The molecule has 3 aliphatic heterocycles. The van der Waals surface area contributed by atoms with Gasteiger partial charge in [-0.2, -0.15) is 0 Å². The Morgan fingerprint density at radius 1 is 0.346 bits per heavy atom. The molecule has 10 rings (SSSR count). The standard InChI is InChI=1S/C63H69B3N6O9/c1-58(2)59(3,4)77-64(76-58)46-22-16-19-40(34-46)52-28-25-49(37-67-52)70(13)55(73)43-31-44(56(74)71(14)50-26-29-53(68-38-50)41-20-17-23-47(35-41)65-78-60(5,6)61(7,8)79-65)33-45(32-43)57(75)72(15)51-27-30-54(69-39-51)42-21-18-24-48(36-42)66-80-62(9,10)63(11,12)81-66/h16-39H,1-15H3. The number of pyridine rings is 3. The van der Waals surface area contributed by atoms with Crippen molar-refractivity contribution in [1.82, 2.24) is 15.0 Å². The fourth-order valence-electron chi connectivity index (χ4n) is 9.67. The first-order chi connectivity index (χ1) is 38.0. The van der Waals surface area contributed by atoms with Crippen LogP contribution in [0.15, 0.2) is 146 Å². The molecule has 3 saturated heterocycles. The zero-order valence-electron chi connectivity index (χ0n) is 48.9. The molecule has 3 aliphatic rings. The number of benzene rings is 4. The SMILES string of the molecule is CN(C(=O)c1cc(C(=O)N(C)c2ccc(-c3cccc(B4OC(C)(C)C(C)(C)O4)c3)nc2)cc(C(=O)N(C)c2ccc(-c3cccc(B4OC(C)(C)C(C)(C)O4)c3)nc2)c1)c1ccc(-c2cccc(B3OC(C)(C)C(C)(C)O3)c2)nc1. The Morgan fingerprint density at radius 3 is 0.790 bits per heavy atom. The minimum absolute atomic E-state index is 0.110. The van der Waals surface area contributed by atoms with E-state index in [1.165, 1.54) is 32.9 Å². The fourth-order valence-corrected chi connectivity index (χ4v) is 9.67. The largest absolute Gasteiger partial charge is 0.494 e. The number of nitrogens with zero attached hydrogens (tertiary/aromatic N) is 6. The van der Waals surface area contributed by atoms with Crippen molar-refractivity contribution in [3.05, 3.63) is 163 Å². The molecule has 0 radical (unpaired) electrons. The topological polar surface area (TPSA) is 155 Å². The van der Waals surface area contributed by atoms with Gasteiger partial charge in [-0.3, -0.25) is 29.3 Å². The van der Waals surface area contributed by atoms with Crippen LogP contribution in [-0.2, 0) is 27.9 Å². The number of hydrogen-bond donors (Lipinski definition) is 0.